The van der Waals surface area contributed by atoms with Gasteiger partial charge in [0.1, 0.15) is 11.4 Å². The van der Waals surface area contributed by atoms with Crippen LogP contribution in [0.3, 0.4) is 0 Å². The van der Waals surface area contributed by atoms with E-state index in [-0.39, 0.29) is 35.7 Å². The van der Waals surface area contributed by atoms with Crippen molar-refractivity contribution < 1.29 is 13.6 Å². The number of fused-ring (bicyclic) bond motifs is 6. The van der Waals surface area contributed by atoms with Crippen LogP contribution in [-0.4, -0.2) is 26.9 Å². The average Bonchev–Trinajstić information content (AvgIpc) is 3.35. The van der Waals surface area contributed by atoms with E-state index in [1.807, 2.05) is 32.0 Å². The summed E-state index contributed by atoms with van der Waals surface area (Å²) in [6.07, 6.45) is 1.03. The third-order valence-electron chi connectivity index (χ3n) is 6.66. The Hall–Kier alpha value is -3.29. The van der Waals surface area contributed by atoms with Gasteiger partial charge in [-0.1, -0.05) is 38.1 Å². The number of carbonyl (C=O) groups is 1. The largest absolute Gasteiger partial charge is 0.333 e. The van der Waals surface area contributed by atoms with E-state index < -0.39 is 34.3 Å². The zero-order chi connectivity index (χ0) is 22.7. The number of amides is 1. The molecule has 1 aromatic heterocycles. The van der Waals surface area contributed by atoms with Crippen molar-refractivity contribution >= 4 is 16.8 Å². The molecule has 1 N–H and O–H groups in total. The summed E-state index contributed by atoms with van der Waals surface area (Å²) >= 11 is 0. The first-order chi connectivity index (χ1) is 15.3. The van der Waals surface area contributed by atoms with Crippen LogP contribution >= 0.6 is 0 Å². The van der Waals surface area contributed by atoms with Gasteiger partial charge in [0.2, 0.25) is 5.91 Å². The number of aromatic amines is 1. The minimum atomic E-state index is -1.33. The standard InChI is InChI=1S/C24H23F2N3O3/c1-12(2)9-19(22(30)28-11-13-10-18(28)15-6-4-3-5-14(13)15)29-23(31)20-17(27-24(29)32)8-7-16(25)21(20)26/h3-8,12-13,18-19H,9-11H2,1-2H3,(H,27,32)/t13-,18-,19+/m0/s1. The van der Waals surface area contributed by atoms with Gasteiger partial charge in [-0.25, -0.2) is 18.1 Å². The summed E-state index contributed by atoms with van der Waals surface area (Å²) in [5.41, 5.74) is 0.426. The number of benzene rings is 2. The molecule has 8 heteroatoms. The van der Waals surface area contributed by atoms with Gasteiger partial charge in [0.25, 0.3) is 5.56 Å². The Morgan fingerprint density at radius 2 is 1.84 bits per heavy atom. The van der Waals surface area contributed by atoms with Crippen LogP contribution in [-0.2, 0) is 4.79 Å². The van der Waals surface area contributed by atoms with E-state index in [4.69, 9.17) is 0 Å². The summed E-state index contributed by atoms with van der Waals surface area (Å²) < 4.78 is 29.1. The Balaban J connectivity index is 1.62. The van der Waals surface area contributed by atoms with Gasteiger partial charge >= 0.3 is 5.69 Å². The summed E-state index contributed by atoms with van der Waals surface area (Å²) in [5.74, 6) is -2.66. The molecule has 2 aliphatic rings. The number of likely N-dealkylation sites (tertiary alicyclic amines) is 1. The number of hydrogen-bond donors (Lipinski definition) is 1. The lowest BCUT2D eigenvalue weighted by atomic mass is 9.97. The molecule has 2 bridgehead atoms. The second-order valence-electron chi connectivity index (χ2n) is 9.10. The SMILES string of the molecule is CC(C)C[C@H](C(=O)N1C[C@@H]2C[C@H]1c1ccccc12)n1c(=O)[nH]c2ccc(F)c(F)c2c1=O. The van der Waals surface area contributed by atoms with Gasteiger partial charge in [0.15, 0.2) is 11.6 Å². The van der Waals surface area contributed by atoms with Crippen LogP contribution in [0.4, 0.5) is 8.78 Å². The van der Waals surface area contributed by atoms with E-state index in [2.05, 4.69) is 11.1 Å². The summed E-state index contributed by atoms with van der Waals surface area (Å²) in [7, 11) is 0. The normalized spacial score (nSPS) is 20.2. The number of nitrogens with one attached hydrogen (secondary N) is 1. The summed E-state index contributed by atoms with van der Waals surface area (Å²) in [5, 5.41) is -0.556. The maximum Gasteiger partial charge on any atom is 0.329 e. The zero-order valence-electron chi connectivity index (χ0n) is 17.8. The van der Waals surface area contributed by atoms with Gasteiger partial charge in [0, 0.05) is 12.5 Å². The van der Waals surface area contributed by atoms with Crippen molar-refractivity contribution in [1.82, 2.24) is 14.5 Å². The molecule has 1 aliphatic heterocycles. The number of hydrogen-bond acceptors (Lipinski definition) is 3. The maximum absolute atomic E-state index is 14.5. The van der Waals surface area contributed by atoms with Crippen molar-refractivity contribution in [2.45, 2.75) is 44.7 Å². The van der Waals surface area contributed by atoms with Gasteiger partial charge in [-0.15, -0.1) is 0 Å². The highest BCUT2D eigenvalue weighted by Crippen LogP contribution is 2.50. The van der Waals surface area contributed by atoms with Gasteiger partial charge in [-0.05, 0) is 42.0 Å². The molecule has 6 nitrogen and oxygen atoms in total. The Bertz CT molecular complexity index is 1360. The highest BCUT2D eigenvalue weighted by atomic mass is 19.2. The molecule has 166 valence electrons. The van der Waals surface area contributed by atoms with Crippen molar-refractivity contribution in [3.8, 4) is 0 Å². The van der Waals surface area contributed by atoms with Crippen LogP contribution in [0.1, 0.15) is 55.8 Å². The van der Waals surface area contributed by atoms with Crippen LogP contribution < -0.4 is 11.2 Å². The highest BCUT2D eigenvalue weighted by molar-refractivity contribution is 5.83. The van der Waals surface area contributed by atoms with E-state index in [1.54, 1.807) is 4.90 Å². The highest BCUT2D eigenvalue weighted by Gasteiger charge is 2.46. The molecule has 2 heterocycles. The quantitative estimate of drug-likeness (QED) is 0.675. The lowest BCUT2D eigenvalue weighted by Crippen LogP contribution is -2.47. The first-order valence-electron chi connectivity index (χ1n) is 10.8. The molecule has 3 aromatic rings. The second kappa shape index (κ2) is 7.39. The Morgan fingerprint density at radius 3 is 2.56 bits per heavy atom. The summed E-state index contributed by atoms with van der Waals surface area (Å²) in [4.78, 5) is 44.0. The van der Waals surface area contributed by atoms with Crippen LogP contribution in [0.15, 0.2) is 46.0 Å². The third-order valence-corrected chi connectivity index (χ3v) is 6.66. The fourth-order valence-corrected chi connectivity index (χ4v) is 5.28. The molecule has 0 unspecified atom stereocenters. The van der Waals surface area contributed by atoms with E-state index in [0.29, 0.717) is 6.54 Å². The zero-order valence-corrected chi connectivity index (χ0v) is 17.8. The van der Waals surface area contributed by atoms with Crippen LogP contribution in [0.2, 0.25) is 0 Å². The lowest BCUT2D eigenvalue weighted by molar-refractivity contribution is -0.136. The summed E-state index contributed by atoms with van der Waals surface area (Å²) in [6, 6.07) is 8.78. The van der Waals surface area contributed by atoms with E-state index >= 15 is 0 Å². The average molecular weight is 439 g/mol. The predicted molar refractivity (Wildman–Crippen MR) is 115 cm³/mol. The van der Waals surface area contributed by atoms with Crippen molar-refractivity contribution in [1.29, 1.82) is 0 Å². The van der Waals surface area contributed by atoms with Crippen LogP contribution in [0.25, 0.3) is 10.9 Å². The topological polar surface area (TPSA) is 75.2 Å². The number of carbonyl (C=O) groups excluding carboxylic acids is 1. The molecule has 1 fully saturated rings. The van der Waals surface area contributed by atoms with Crippen molar-refractivity contribution in [2.75, 3.05) is 6.54 Å². The number of nitrogens with zero attached hydrogens (tertiary/aromatic N) is 2. The molecule has 1 amide bonds. The molecule has 1 saturated heterocycles. The molecule has 2 aromatic carbocycles. The first-order valence-corrected chi connectivity index (χ1v) is 10.8. The minimum absolute atomic E-state index is 0.0182. The fourth-order valence-electron chi connectivity index (χ4n) is 5.28. The van der Waals surface area contributed by atoms with Gasteiger partial charge in [0.05, 0.1) is 11.6 Å². The monoisotopic (exact) mass is 439 g/mol. The molecular weight excluding hydrogens is 416 g/mol. The van der Waals surface area contributed by atoms with Crippen molar-refractivity contribution in [3.05, 3.63) is 80.0 Å². The minimum Gasteiger partial charge on any atom is -0.333 e. The summed E-state index contributed by atoms with van der Waals surface area (Å²) in [6.45, 7) is 4.27. The van der Waals surface area contributed by atoms with Gasteiger partial charge < -0.3 is 9.88 Å². The molecule has 3 atom stereocenters. The molecule has 5 rings (SSSR count). The molecule has 1 aliphatic carbocycles. The predicted octanol–water partition coefficient (Wildman–Crippen LogP) is 3.63. The van der Waals surface area contributed by atoms with E-state index in [0.717, 1.165) is 28.7 Å². The van der Waals surface area contributed by atoms with E-state index in [9.17, 15) is 23.2 Å². The second-order valence-corrected chi connectivity index (χ2v) is 9.10. The van der Waals surface area contributed by atoms with Crippen LogP contribution in [0, 0.1) is 17.6 Å². The van der Waals surface area contributed by atoms with Crippen molar-refractivity contribution in [3.63, 3.8) is 0 Å². The first kappa shape index (κ1) is 20.6. The molecule has 32 heavy (non-hydrogen) atoms. The number of aromatic nitrogens is 2. The number of H-pyrrole nitrogens is 1. The number of halogens is 2. The lowest BCUT2D eigenvalue weighted by Gasteiger charge is -2.33. The smallest absolute Gasteiger partial charge is 0.329 e. The third kappa shape index (κ3) is 3.00. The fraction of sp³-hybridized carbons (Fsp3) is 0.375. The molecular formula is C24H23F2N3O3. The van der Waals surface area contributed by atoms with Crippen molar-refractivity contribution in [2.24, 2.45) is 5.92 Å². The van der Waals surface area contributed by atoms with Crippen LogP contribution in [0.5, 0.6) is 0 Å². The Kier molecular flexibility index (Phi) is 4.76. The molecule has 0 spiro atoms. The Morgan fingerprint density at radius 1 is 1.12 bits per heavy atom. The van der Waals surface area contributed by atoms with Gasteiger partial charge in [-0.2, -0.15) is 0 Å². The van der Waals surface area contributed by atoms with Gasteiger partial charge in [-0.3, -0.25) is 9.59 Å². The molecule has 0 radical (unpaired) electrons. The van der Waals surface area contributed by atoms with E-state index in [1.165, 1.54) is 5.56 Å². The number of rotatable bonds is 4. The Labute approximate surface area is 182 Å². The molecule has 0 saturated carbocycles. The maximum atomic E-state index is 14.5.